The van der Waals surface area contributed by atoms with Crippen LogP contribution in [-0.2, 0) is 12.8 Å². The smallest absolute Gasteiger partial charge is 0.0150 e. The molecule has 0 saturated heterocycles. The monoisotopic (exact) mass is 362 g/mol. The Bertz CT molecular complexity index is 656. The maximum absolute atomic E-state index is 2.41. The molecule has 2 aromatic rings. The summed E-state index contributed by atoms with van der Waals surface area (Å²) in [6.45, 7) is 6.93. The van der Waals surface area contributed by atoms with Crippen molar-refractivity contribution in [1.82, 2.24) is 0 Å². The van der Waals surface area contributed by atoms with Gasteiger partial charge in [0.2, 0.25) is 0 Å². The van der Waals surface area contributed by atoms with Crippen molar-refractivity contribution in [3.63, 3.8) is 0 Å². The largest absolute Gasteiger partial charge is 0.0654 e. The van der Waals surface area contributed by atoms with Crippen LogP contribution in [0.4, 0.5) is 0 Å². The molecule has 2 aromatic carbocycles. The lowest BCUT2D eigenvalue weighted by Crippen LogP contribution is -2.13. The van der Waals surface area contributed by atoms with Gasteiger partial charge in [-0.1, -0.05) is 88.6 Å². The standard InChI is InChI=1S/C27H38/c1-4-6-22-8-14-25(15-9-22)21(3)20-24-12-18-27(19-13-24)26-16-10-23(7-5-2)11-17-26/h8-9,12-15,18-19,21,23,26H,4-7,10-11,16-17,20H2,1-3H3/t21-,23?,26?/m1/s1. The van der Waals surface area contributed by atoms with Crippen LogP contribution in [0.1, 0.15) is 99.8 Å². The Morgan fingerprint density at radius 2 is 1.41 bits per heavy atom. The molecule has 1 aliphatic rings. The zero-order valence-electron chi connectivity index (χ0n) is 17.7. The summed E-state index contributed by atoms with van der Waals surface area (Å²) in [4.78, 5) is 0. The van der Waals surface area contributed by atoms with Gasteiger partial charge in [-0.3, -0.25) is 0 Å². The summed E-state index contributed by atoms with van der Waals surface area (Å²) < 4.78 is 0. The molecule has 146 valence electrons. The van der Waals surface area contributed by atoms with E-state index in [2.05, 4.69) is 69.3 Å². The maximum atomic E-state index is 2.41. The Balaban J connectivity index is 1.54. The van der Waals surface area contributed by atoms with Crippen LogP contribution in [0, 0.1) is 5.92 Å². The summed E-state index contributed by atoms with van der Waals surface area (Å²) >= 11 is 0. The van der Waals surface area contributed by atoms with Crippen molar-refractivity contribution in [2.75, 3.05) is 0 Å². The lowest BCUT2D eigenvalue weighted by molar-refractivity contribution is 0.308. The topological polar surface area (TPSA) is 0 Å². The molecule has 0 aliphatic heterocycles. The van der Waals surface area contributed by atoms with Gasteiger partial charge in [-0.25, -0.2) is 0 Å². The minimum absolute atomic E-state index is 0.580. The maximum Gasteiger partial charge on any atom is -0.0150 e. The van der Waals surface area contributed by atoms with E-state index in [0.29, 0.717) is 5.92 Å². The lowest BCUT2D eigenvalue weighted by atomic mass is 9.77. The highest BCUT2D eigenvalue weighted by atomic mass is 14.3. The normalized spacial score (nSPS) is 21.1. The summed E-state index contributed by atoms with van der Waals surface area (Å²) in [7, 11) is 0. The molecule has 0 heterocycles. The fourth-order valence-electron chi connectivity index (χ4n) is 4.89. The van der Waals surface area contributed by atoms with Gasteiger partial charge in [-0.15, -0.1) is 0 Å². The Kier molecular flexibility index (Phi) is 7.56. The van der Waals surface area contributed by atoms with Crippen molar-refractivity contribution in [1.29, 1.82) is 0 Å². The number of hydrogen-bond acceptors (Lipinski definition) is 0. The molecule has 0 radical (unpaired) electrons. The van der Waals surface area contributed by atoms with Crippen LogP contribution >= 0.6 is 0 Å². The molecular formula is C27H38. The van der Waals surface area contributed by atoms with Crippen LogP contribution < -0.4 is 0 Å². The van der Waals surface area contributed by atoms with Crippen molar-refractivity contribution in [3.8, 4) is 0 Å². The average molecular weight is 363 g/mol. The summed E-state index contributed by atoms with van der Waals surface area (Å²) in [6.07, 6.45) is 12.0. The SMILES string of the molecule is CCCc1ccc([C@H](C)Cc2ccc(C3CCC(CCC)CC3)cc2)cc1. The van der Waals surface area contributed by atoms with E-state index in [1.807, 2.05) is 0 Å². The Morgan fingerprint density at radius 3 is 2.00 bits per heavy atom. The second-order valence-corrected chi connectivity index (χ2v) is 8.84. The first kappa shape index (κ1) is 20.2. The lowest BCUT2D eigenvalue weighted by Gasteiger charge is -2.28. The second-order valence-electron chi connectivity index (χ2n) is 8.84. The number of hydrogen-bond donors (Lipinski definition) is 0. The Morgan fingerprint density at radius 1 is 0.778 bits per heavy atom. The van der Waals surface area contributed by atoms with Gasteiger partial charge in [0.05, 0.1) is 0 Å². The van der Waals surface area contributed by atoms with Gasteiger partial charge in [0.1, 0.15) is 0 Å². The molecule has 0 aromatic heterocycles. The third kappa shape index (κ3) is 5.71. The van der Waals surface area contributed by atoms with Crippen LogP contribution in [0.5, 0.6) is 0 Å². The average Bonchev–Trinajstić information content (AvgIpc) is 2.70. The highest BCUT2D eigenvalue weighted by molar-refractivity contribution is 5.30. The molecule has 1 aliphatic carbocycles. The third-order valence-electron chi connectivity index (χ3n) is 6.62. The first-order valence-corrected chi connectivity index (χ1v) is 11.4. The molecule has 3 rings (SSSR count). The second kappa shape index (κ2) is 10.1. The van der Waals surface area contributed by atoms with Crippen LogP contribution in [0.3, 0.4) is 0 Å². The van der Waals surface area contributed by atoms with E-state index >= 15 is 0 Å². The number of benzene rings is 2. The summed E-state index contributed by atoms with van der Waals surface area (Å²) in [6, 6.07) is 18.9. The van der Waals surface area contributed by atoms with E-state index in [1.165, 1.54) is 68.1 Å². The van der Waals surface area contributed by atoms with E-state index < -0.39 is 0 Å². The minimum Gasteiger partial charge on any atom is -0.0654 e. The molecule has 0 nitrogen and oxygen atoms in total. The highest BCUT2D eigenvalue weighted by Gasteiger charge is 2.21. The van der Waals surface area contributed by atoms with Crippen LogP contribution in [0.15, 0.2) is 48.5 Å². The summed E-state index contributed by atoms with van der Waals surface area (Å²) in [5.74, 6) is 2.38. The molecule has 1 saturated carbocycles. The molecule has 1 atom stereocenters. The predicted molar refractivity (Wildman–Crippen MR) is 119 cm³/mol. The fourth-order valence-corrected chi connectivity index (χ4v) is 4.89. The zero-order chi connectivity index (χ0) is 19.1. The molecule has 0 unspecified atom stereocenters. The van der Waals surface area contributed by atoms with Crippen molar-refractivity contribution in [2.24, 2.45) is 5.92 Å². The number of aryl methyl sites for hydroxylation is 1. The van der Waals surface area contributed by atoms with Crippen LogP contribution in [0.25, 0.3) is 0 Å². The first-order valence-electron chi connectivity index (χ1n) is 11.4. The Labute approximate surface area is 167 Å². The molecule has 0 bridgehead atoms. The van der Waals surface area contributed by atoms with Crippen molar-refractivity contribution < 1.29 is 0 Å². The van der Waals surface area contributed by atoms with E-state index in [4.69, 9.17) is 0 Å². The van der Waals surface area contributed by atoms with Gasteiger partial charge < -0.3 is 0 Å². The molecular weight excluding hydrogens is 324 g/mol. The molecule has 0 N–H and O–H groups in total. The first-order chi connectivity index (χ1) is 13.2. The van der Waals surface area contributed by atoms with Crippen LogP contribution in [0.2, 0.25) is 0 Å². The molecule has 0 spiro atoms. The molecule has 1 fully saturated rings. The van der Waals surface area contributed by atoms with E-state index in [0.717, 1.165) is 18.3 Å². The van der Waals surface area contributed by atoms with Crippen molar-refractivity contribution >= 4 is 0 Å². The quantitative estimate of drug-likeness (QED) is 0.445. The van der Waals surface area contributed by atoms with E-state index in [9.17, 15) is 0 Å². The molecule has 0 amide bonds. The van der Waals surface area contributed by atoms with E-state index in [1.54, 1.807) is 5.56 Å². The highest BCUT2D eigenvalue weighted by Crippen LogP contribution is 2.37. The van der Waals surface area contributed by atoms with Gasteiger partial charge in [0, 0.05) is 0 Å². The minimum atomic E-state index is 0.580. The van der Waals surface area contributed by atoms with E-state index in [-0.39, 0.29) is 0 Å². The summed E-state index contributed by atoms with van der Waals surface area (Å²) in [5, 5.41) is 0. The third-order valence-corrected chi connectivity index (χ3v) is 6.62. The molecule has 27 heavy (non-hydrogen) atoms. The van der Waals surface area contributed by atoms with Gasteiger partial charge >= 0.3 is 0 Å². The van der Waals surface area contributed by atoms with Gasteiger partial charge in [-0.05, 0) is 78.5 Å². The van der Waals surface area contributed by atoms with Crippen molar-refractivity contribution in [3.05, 3.63) is 70.8 Å². The van der Waals surface area contributed by atoms with Gasteiger partial charge in [0.15, 0.2) is 0 Å². The molecule has 0 heteroatoms. The zero-order valence-corrected chi connectivity index (χ0v) is 17.7. The summed E-state index contributed by atoms with van der Waals surface area (Å²) in [5.41, 5.74) is 5.98. The van der Waals surface area contributed by atoms with Crippen molar-refractivity contribution in [2.45, 2.75) is 90.4 Å². The van der Waals surface area contributed by atoms with Crippen LogP contribution in [-0.4, -0.2) is 0 Å². The number of rotatable bonds is 8. The van der Waals surface area contributed by atoms with Gasteiger partial charge in [-0.2, -0.15) is 0 Å². The Hall–Kier alpha value is -1.56. The predicted octanol–water partition coefficient (Wildman–Crippen LogP) is 8.06. The fraction of sp³-hybridized carbons (Fsp3) is 0.556. The van der Waals surface area contributed by atoms with Gasteiger partial charge in [0.25, 0.3) is 0 Å².